The molecule has 0 bridgehead atoms. The van der Waals surface area contributed by atoms with Crippen molar-refractivity contribution in [1.29, 1.82) is 0 Å². The Labute approximate surface area is 135 Å². The lowest BCUT2D eigenvalue weighted by molar-refractivity contribution is 0.102. The maximum Gasteiger partial charge on any atom is 0.259 e. The van der Waals surface area contributed by atoms with Gasteiger partial charge in [0.25, 0.3) is 5.91 Å². The van der Waals surface area contributed by atoms with Crippen LogP contribution in [0.4, 0.5) is 5.69 Å². The Morgan fingerprint density at radius 2 is 1.61 bits per heavy atom. The number of carbonyl (C=O) groups is 1. The number of anilines is 1. The average molecular weight is 305 g/mol. The van der Waals surface area contributed by atoms with Crippen LogP contribution in [0.2, 0.25) is 0 Å². The van der Waals surface area contributed by atoms with E-state index < -0.39 is 0 Å². The Hall–Kier alpha value is -2.81. The molecule has 0 saturated heterocycles. The predicted octanol–water partition coefficient (Wildman–Crippen LogP) is 4.88. The number of amides is 1. The zero-order valence-electron chi connectivity index (χ0n) is 13.2. The number of ether oxygens (including phenoxy) is 1. The summed E-state index contributed by atoms with van der Waals surface area (Å²) in [6.07, 6.45) is 0.0182. The van der Waals surface area contributed by atoms with Gasteiger partial charge >= 0.3 is 0 Å². The maximum atomic E-state index is 12.6. The number of hydrogen-bond donors (Lipinski definition) is 1. The van der Waals surface area contributed by atoms with Gasteiger partial charge in [0.05, 0.1) is 11.7 Å². The molecule has 0 fully saturated rings. The average Bonchev–Trinajstić information content (AvgIpc) is 2.54. The zero-order chi connectivity index (χ0) is 16.2. The number of nitrogens with one attached hydrogen (secondary N) is 1. The highest BCUT2D eigenvalue weighted by Gasteiger charge is 2.13. The second kappa shape index (κ2) is 6.53. The van der Waals surface area contributed by atoms with Crippen molar-refractivity contribution in [2.45, 2.75) is 20.0 Å². The second-order valence-corrected chi connectivity index (χ2v) is 5.68. The molecular formula is C20H19NO2. The molecule has 23 heavy (non-hydrogen) atoms. The Balaban J connectivity index is 1.86. The summed E-state index contributed by atoms with van der Waals surface area (Å²) in [7, 11) is 0. The molecule has 3 aromatic rings. The summed E-state index contributed by atoms with van der Waals surface area (Å²) in [4.78, 5) is 12.6. The minimum Gasteiger partial charge on any atom is -0.490 e. The summed E-state index contributed by atoms with van der Waals surface area (Å²) >= 11 is 0. The monoisotopic (exact) mass is 305 g/mol. The van der Waals surface area contributed by atoms with Crippen LogP contribution >= 0.6 is 0 Å². The van der Waals surface area contributed by atoms with Crippen LogP contribution in [0, 0.1) is 0 Å². The van der Waals surface area contributed by atoms with E-state index in [0.717, 1.165) is 16.5 Å². The normalized spacial score (nSPS) is 10.7. The Morgan fingerprint density at radius 1 is 0.913 bits per heavy atom. The molecule has 3 rings (SSSR count). The molecule has 3 nitrogen and oxygen atoms in total. The highest BCUT2D eigenvalue weighted by atomic mass is 16.5. The van der Waals surface area contributed by atoms with E-state index in [1.165, 1.54) is 0 Å². The van der Waals surface area contributed by atoms with Gasteiger partial charge in [-0.25, -0.2) is 0 Å². The quantitative estimate of drug-likeness (QED) is 0.746. The van der Waals surface area contributed by atoms with Gasteiger partial charge in [-0.05, 0) is 48.9 Å². The molecule has 3 heteroatoms. The zero-order valence-corrected chi connectivity index (χ0v) is 13.2. The van der Waals surface area contributed by atoms with Gasteiger partial charge in [0.1, 0.15) is 5.75 Å². The number of para-hydroxylation sites is 1. The molecule has 0 aliphatic heterocycles. The number of carbonyl (C=O) groups excluding carboxylic acids is 1. The van der Waals surface area contributed by atoms with Crippen LogP contribution in [0.15, 0.2) is 66.7 Å². The van der Waals surface area contributed by atoms with Crippen LogP contribution in [0.5, 0.6) is 5.75 Å². The molecule has 0 unspecified atom stereocenters. The number of rotatable bonds is 4. The van der Waals surface area contributed by atoms with Crippen molar-refractivity contribution >= 4 is 22.4 Å². The van der Waals surface area contributed by atoms with Gasteiger partial charge in [0.2, 0.25) is 0 Å². The fourth-order valence-electron chi connectivity index (χ4n) is 2.48. The van der Waals surface area contributed by atoms with Crippen LogP contribution in [0.25, 0.3) is 10.8 Å². The first-order chi connectivity index (χ1) is 11.1. The van der Waals surface area contributed by atoms with E-state index in [4.69, 9.17) is 4.74 Å². The van der Waals surface area contributed by atoms with Gasteiger partial charge in [0.15, 0.2) is 0 Å². The summed E-state index contributed by atoms with van der Waals surface area (Å²) in [5, 5.41) is 5.19. The molecule has 0 heterocycles. The number of benzene rings is 3. The minimum atomic E-state index is -0.170. The largest absolute Gasteiger partial charge is 0.490 e. The highest BCUT2D eigenvalue weighted by Crippen LogP contribution is 2.23. The van der Waals surface area contributed by atoms with Crippen molar-refractivity contribution in [1.82, 2.24) is 0 Å². The smallest absolute Gasteiger partial charge is 0.259 e. The van der Waals surface area contributed by atoms with E-state index in [1.807, 2.05) is 74.5 Å². The molecule has 0 atom stereocenters. The number of fused-ring (bicyclic) bond motifs is 1. The lowest BCUT2D eigenvalue weighted by Crippen LogP contribution is -2.15. The second-order valence-electron chi connectivity index (χ2n) is 5.68. The van der Waals surface area contributed by atoms with Crippen molar-refractivity contribution in [3.8, 4) is 5.75 Å². The molecule has 0 aliphatic carbocycles. The Bertz CT molecular complexity index is 840. The molecule has 0 saturated carbocycles. The van der Waals surface area contributed by atoms with Gasteiger partial charge in [-0.2, -0.15) is 0 Å². The predicted molar refractivity (Wildman–Crippen MR) is 94.1 cm³/mol. The van der Waals surface area contributed by atoms with Crippen LogP contribution in [0.1, 0.15) is 24.2 Å². The number of hydrogen-bond acceptors (Lipinski definition) is 2. The van der Waals surface area contributed by atoms with Crippen LogP contribution in [0.3, 0.4) is 0 Å². The van der Waals surface area contributed by atoms with Gasteiger partial charge in [-0.15, -0.1) is 0 Å². The van der Waals surface area contributed by atoms with Crippen molar-refractivity contribution in [2.24, 2.45) is 0 Å². The molecule has 0 aromatic heterocycles. The fraction of sp³-hybridized carbons (Fsp3) is 0.150. The molecule has 0 spiro atoms. The van der Waals surface area contributed by atoms with Crippen molar-refractivity contribution in [3.05, 3.63) is 72.3 Å². The first-order valence-electron chi connectivity index (χ1n) is 7.69. The van der Waals surface area contributed by atoms with Crippen molar-refractivity contribution in [3.63, 3.8) is 0 Å². The van der Waals surface area contributed by atoms with Gasteiger partial charge in [-0.1, -0.05) is 42.5 Å². The van der Waals surface area contributed by atoms with Crippen LogP contribution < -0.4 is 10.1 Å². The third-order valence-electron chi connectivity index (χ3n) is 3.50. The standard InChI is InChI=1S/C20H19NO2/c1-14(2)23-19-10-6-5-9-18(19)20(22)21-17-12-11-15-7-3-4-8-16(15)13-17/h3-14H,1-2H3,(H,21,22). The third-order valence-corrected chi connectivity index (χ3v) is 3.50. The molecule has 3 aromatic carbocycles. The van der Waals surface area contributed by atoms with Gasteiger partial charge in [0, 0.05) is 5.69 Å². The lowest BCUT2D eigenvalue weighted by Gasteiger charge is -2.14. The summed E-state index contributed by atoms with van der Waals surface area (Å²) in [5.41, 5.74) is 1.31. The first kappa shape index (κ1) is 15.1. The van der Waals surface area contributed by atoms with E-state index in [2.05, 4.69) is 5.32 Å². The first-order valence-corrected chi connectivity index (χ1v) is 7.69. The summed E-state index contributed by atoms with van der Waals surface area (Å²) in [5.74, 6) is 0.428. The summed E-state index contributed by atoms with van der Waals surface area (Å²) in [6.45, 7) is 3.88. The van der Waals surface area contributed by atoms with E-state index in [1.54, 1.807) is 6.07 Å². The molecule has 116 valence electrons. The molecule has 0 radical (unpaired) electrons. The van der Waals surface area contributed by atoms with Gasteiger partial charge in [-0.3, -0.25) is 4.79 Å². The van der Waals surface area contributed by atoms with E-state index in [-0.39, 0.29) is 12.0 Å². The highest BCUT2D eigenvalue weighted by molar-refractivity contribution is 6.07. The lowest BCUT2D eigenvalue weighted by atomic mass is 10.1. The van der Waals surface area contributed by atoms with E-state index in [9.17, 15) is 4.79 Å². The molecule has 1 N–H and O–H groups in total. The third kappa shape index (κ3) is 3.51. The Kier molecular flexibility index (Phi) is 4.29. The van der Waals surface area contributed by atoms with Crippen molar-refractivity contribution in [2.75, 3.05) is 5.32 Å². The summed E-state index contributed by atoms with van der Waals surface area (Å²) < 4.78 is 5.71. The SMILES string of the molecule is CC(C)Oc1ccccc1C(=O)Nc1ccc2ccccc2c1. The van der Waals surface area contributed by atoms with Crippen molar-refractivity contribution < 1.29 is 9.53 Å². The molecular weight excluding hydrogens is 286 g/mol. The maximum absolute atomic E-state index is 12.6. The summed E-state index contributed by atoms with van der Waals surface area (Å²) in [6, 6.07) is 21.2. The van der Waals surface area contributed by atoms with Gasteiger partial charge < -0.3 is 10.1 Å². The Morgan fingerprint density at radius 3 is 2.39 bits per heavy atom. The van der Waals surface area contributed by atoms with E-state index >= 15 is 0 Å². The van der Waals surface area contributed by atoms with Crippen LogP contribution in [-0.4, -0.2) is 12.0 Å². The van der Waals surface area contributed by atoms with E-state index in [0.29, 0.717) is 11.3 Å². The topological polar surface area (TPSA) is 38.3 Å². The minimum absolute atomic E-state index is 0.0182. The fourth-order valence-corrected chi connectivity index (χ4v) is 2.48. The van der Waals surface area contributed by atoms with Crippen LogP contribution in [-0.2, 0) is 0 Å². The molecule has 0 aliphatic rings. The molecule has 1 amide bonds.